The predicted octanol–water partition coefficient (Wildman–Crippen LogP) is 7.24. The number of H-pyrrole nitrogens is 2. The highest BCUT2D eigenvalue weighted by molar-refractivity contribution is 6.00. The third kappa shape index (κ3) is 7.74. The highest BCUT2D eigenvalue weighted by Gasteiger charge is 2.39. The fraction of sp³-hybridized carbons (Fsp3) is 0.325. The average molecular weight is 718 g/mol. The number of benzene rings is 3. The fourth-order valence-electron chi connectivity index (χ4n) is 7.18. The first kappa shape index (κ1) is 35.3. The van der Waals surface area contributed by atoms with E-state index >= 15 is 0 Å². The Kier molecular flexibility index (Phi) is 9.65. The monoisotopic (exact) mass is 717 g/mol. The van der Waals surface area contributed by atoms with E-state index in [1.165, 1.54) is 4.90 Å². The van der Waals surface area contributed by atoms with E-state index < -0.39 is 29.9 Å². The van der Waals surface area contributed by atoms with Crippen LogP contribution in [0.3, 0.4) is 0 Å². The van der Waals surface area contributed by atoms with Crippen molar-refractivity contribution < 1.29 is 29.0 Å². The number of carbonyl (C=O) groups is 4. The third-order valence-corrected chi connectivity index (χ3v) is 9.68. The third-order valence-electron chi connectivity index (χ3n) is 9.68. The molecule has 274 valence electrons. The normalized spacial score (nSPS) is 17.9. The van der Waals surface area contributed by atoms with Gasteiger partial charge in [-0.2, -0.15) is 0 Å². The van der Waals surface area contributed by atoms with Crippen LogP contribution in [0.15, 0.2) is 85.1 Å². The minimum absolute atomic E-state index is 0.263. The first-order chi connectivity index (χ1) is 25.4. The maximum atomic E-state index is 14.0. The summed E-state index contributed by atoms with van der Waals surface area (Å²) in [5.74, 6) is -0.0134. The molecule has 0 saturated carbocycles. The molecule has 13 nitrogen and oxygen atoms in total. The van der Waals surface area contributed by atoms with E-state index in [4.69, 9.17) is 4.74 Å². The summed E-state index contributed by atoms with van der Waals surface area (Å²) in [5, 5.41) is 16.2. The molecular weight excluding hydrogens is 674 g/mol. The smallest absolute Gasteiger partial charge is 0.408 e. The molecule has 0 bridgehead atoms. The highest BCUT2D eigenvalue weighted by Crippen LogP contribution is 2.33. The zero-order chi connectivity index (χ0) is 37.3. The van der Waals surface area contributed by atoms with E-state index in [-0.39, 0.29) is 17.9 Å². The number of hydrogen-bond acceptors (Lipinski definition) is 6. The molecule has 4 amide bonds. The number of rotatable bonds is 8. The number of anilines is 1. The Balaban J connectivity index is 1.03. The molecule has 2 aliphatic heterocycles. The number of aromatic amines is 2. The first-order valence-corrected chi connectivity index (χ1v) is 17.9. The Morgan fingerprint density at radius 1 is 0.868 bits per heavy atom. The van der Waals surface area contributed by atoms with E-state index in [1.807, 2.05) is 54.6 Å². The first-order valence-electron chi connectivity index (χ1n) is 17.9. The molecule has 3 atom stereocenters. The summed E-state index contributed by atoms with van der Waals surface area (Å²) in [6.07, 6.45) is 2.81. The molecule has 0 radical (unpaired) electrons. The number of amides is 4. The summed E-state index contributed by atoms with van der Waals surface area (Å²) >= 11 is 0. The lowest BCUT2D eigenvalue weighted by molar-refractivity contribution is -0.138. The topological polar surface area (TPSA) is 173 Å². The number of aromatic nitrogens is 3. The van der Waals surface area contributed by atoms with Gasteiger partial charge in [-0.05, 0) is 87.4 Å². The lowest BCUT2D eigenvalue weighted by atomic mass is 10.0. The van der Waals surface area contributed by atoms with E-state index in [1.54, 1.807) is 56.1 Å². The van der Waals surface area contributed by atoms with Crippen molar-refractivity contribution in [3.63, 3.8) is 0 Å². The lowest BCUT2D eigenvalue weighted by Crippen LogP contribution is -2.49. The SMILES string of the molecule is CC(C)(C)OC(=O)N[C@@H](C(=O)N1CCC[C@@H]1C(=O)Nc1ccc2[nH]c(-c3ccc(-c4cnc([C@@H]5CCCN5C(=O)O)[nH]4)cc3)cc2c1)c1ccccc1. The Morgan fingerprint density at radius 3 is 2.28 bits per heavy atom. The van der Waals surface area contributed by atoms with Crippen molar-refractivity contribution in [2.75, 3.05) is 18.4 Å². The Bertz CT molecular complexity index is 2140. The second kappa shape index (κ2) is 14.5. The van der Waals surface area contributed by atoms with Crippen molar-refractivity contribution >= 4 is 40.6 Å². The molecule has 0 spiro atoms. The van der Waals surface area contributed by atoms with Crippen LogP contribution >= 0.6 is 0 Å². The zero-order valence-corrected chi connectivity index (χ0v) is 29.9. The number of ether oxygens (including phenoxy) is 1. The van der Waals surface area contributed by atoms with E-state index in [0.717, 1.165) is 46.3 Å². The highest BCUT2D eigenvalue weighted by atomic mass is 16.6. The van der Waals surface area contributed by atoms with Crippen LogP contribution in [0.4, 0.5) is 15.3 Å². The van der Waals surface area contributed by atoms with E-state index in [2.05, 4.69) is 25.6 Å². The van der Waals surface area contributed by atoms with Gasteiger partial charge in [-0.15, -0.1) is 0 Å². The molecule has 5 N–H and O–H groups in total. The van der Waals surface area contributed by atoms with Crippen molar-refractivity contribution in [2.24, 2.45) is 0 Å². The van der Waals surface area contributed by atoms with Gasteiger partial charge in [0.2, 0.25) is 5.91 Å². The number of nitrogens with one attached hydrogen (secondary N) is 4. The van der Waals surface area contributed by atoms with E-state index in [9.17, 15) is 24.3 Å². The fourth-order valence-corrected chi connectivity index (χ4v) is 7.18. The number of fused-ring (bicyclic) bond motifs is 1. The number of imidazole rings is 1. The molecule has 2 fully saturated rings. The minimum Gasteiger partial charge on any atom is -0.465 e. The van der Waals surface area contributed by atoms with Crippen LogP contribution in [0.25, 0.3) is 33.4 Å². The van der Waals surface area contributed by atoms with Crippen LogP contribution in [0.2, 0.25) is 0 Å². The van der Waals surface area contributed by atoms with Crippen LogP contribution in [0.1, 0.15) is 69.9 Å². The summed E-state index contributed by atoms with van der Waals surface area (Å²) in [5.41, 5.74) is 4.98. The second-order valence-corrected chi connectivity index (χ2v) is 14.5. The maximum Gasteiger partial charge on any atom is 0.408 e. The average Bonchev–Trinajstić information content (AvgIpc) is 3.96. The van der Waals surface area contributed by atoms with Gasteiger partial charge in [0.15, 0.2) is 0 Å². The Hall–Kier alpha value is -6.11. The van der Waals surface area contributed by atoms with Gasteiger partial charge < -0.3 is 35.3 Å². The van der Waals surface area contributed by atoms with Gasteiger partial charge >= 0.3 is 12.2 Å². The van der Waals surface area contributed by atoms with Gasteiger partial charge in [-0.1, -0.05) is 54.6 Å². The van der Waals surface area contributed by atoms with Crippen molar-refractivity contribution in [3.05, 3.63) is 96.4 Å². The van der Waals surface area contributed by atoms with Gasteiger partial charge in [0.05, 0.1) is 17.9 Å². The minimum atomic E-state index is -1.01. The quantitative estimate of drug-likeness (QED) is 0.113. The maximum absolute atomic E-state index is 14.0. The summed E-state index contributed by atoms with van der Waals surface area (Å²) < 4.78 is 5.45. The lowest BCUT2D eigenvalue weighted by Gasteiger charge is -2.29. The van der Waals surface area contributed by atoms with Gasteiger partial charge in [0.25, 0.3) is 5.91 Å². The van der Waals surface area contributed by atoms with Gasteiger partial charge in [-0.3, -0.25) is 14.5 Å². The number of nitrogens with zero attached hydrogens (tertiary/aromatic N) is 3. The van der Waals surface area contributed by atoms with Gasteiger partial charge in [0, 0.05) is 35.4 Å². The summed E-state index contributed by atoms with van der Waals surface area (Å²) in [4.78, 5) is 66.2. The second-order valence-electron chi connectivity index (χ2n) is 14.5. The number of hydrogen-bond donors (Lipinski definition) is 5. The molecule has 13 heteroatoms. The summed E-state index contributed by atoms with van der Waals surface area (Å²) in [6, 6.07) is 22.6. The van der Waals surface area contributed by atoms with E-state index in [0.29, 0.717) is 43.0 Å². The molecule has 53 heavy (non-hydrogen) atoms. The zero-order valence-electron chi connectivity index (χ0n) is 29.9. The molecule has 2 aromatic heterocycles. The summed E-state index contributed by atoms with van der Waals surface area (Å²) in [7, 11) is 0. The molecule has 2 aliphatic rings. The van der Waals surface area contributed by atoms with Gasteiger partial charge in [-0.25, -0.2) is 14.6 Å². The van der Waals surface area contributed by atoms with Crippen LogP contribution in [0.5, 0.6) is 0 Å². The molecular formula is C40H43N7O6. The van der Waals surface area contributed by atoms with Crippen molar-refractivity contribution in [1.82, 2.24) is 30.1 Å². The number of carboxylic acid groups (broad SMARTS) is 1. The van der Waals surface area contributed by atoms with Gasteiger partial charge in [0.1, 0.15) is 23.5 Å². The predicted molar refractivity (Wildman–Crippen MR) is 200 cm³/mol. The van der Waals surface area contributed by atoms with Crippen molar-refractivity contribution in [2.45, 2.75) is 70.2 Å². The summed E-state index contributed by atoms with van der Waals surface area (Å²) in [6.45, 7) is 6.16. The van der Waals surface area contributed by atoms with Crippen LogP contribution in [0, 0.1) is 0 Å². The Labute approximate surface area is 306 Å². The van der Waals surface area contributed by atoms with Crippen molar-refractivity contribution in [1.29, 1.82) is 0 Å². The number of alkyl carbamates (subject to hydrolysis) is 1. The Morgan fingerprint density at radius 2 is 1.57 bits per heavy atom. The molecule has 3 aromatic carbocycles. The number of carbonyl (C=O) groups excluding carboxylic acids is 3. The van der Waals surface area contributed by atoms with Crippen LogP contribution < -0.4 is 10.6 Å². The van der Waals surface area contributed by atoms with Crippen LogP contribution in [-0.2, 0) is 14.3 Å². The molecule has 2 saturated heterocycles. The molecule has 5 aromatic rings. The largest absolute Gasteiger partial charge is 0.465 e. The molecule has 0 aliphatic carbocycles. The molecule has 0 unspecified atom stereocenters. The molecule has 4 heterocycles. The number of likely N-dealkylation sites (tertiary alicyclic amines) is 2. The molecule has 7 rings (SSSR count). The standard InChI is InChI=1S/C40H43N7O6/c1-40(2,3)53-38(50)45-34(26-9-5-4-6-10-26)37(49)46-19-8-12-33(46)36(48)42-28-17-18-29-27(21-28)22-30(43-29)24-13-15-25(16-14-24)31-23-41-35(44-31)32-11-7-20-47(32)39(51)52/h4-6,9-10,13-18,21-23,32-34,43H,7-8,11-12,19-20H2,1-3H3,(H,41,44)(H,42,48)(H,45,50)(H,51,52)/t32-,33+,34+/m0/s1. The van der Waals surface area contributed by atoms with Crippen molar-refractivity contribution in [3.8, 4) is 22.5 Å². The van der Waals surface area contributed by atoms with Crippen LogP contribution in [-0.4, -0.2) is 78.6 Å².